The molecule has 0 aromatic carbocycles. The summed E-state index contributed by atoms with van der Waals surface area (Å²) >= 11 is 0. The van der Waals surface area contributed by atoms with E-state index in [1.54, 1.807) is 6.08 Å². The molecule has 1 saturated carbocycles. The Bertz CT molecular complexity index is 266. The first-order valence-corrected chi connectivity index (χ1v) is 4.79. The molecule has 1 aliphatic carbocycles. The second-order valence-electron chi connectivity index (χ2n) is 4.24. The quantitative estimate of drug-likeness (QED) is 0.728. The molecule has 0 aromatic rings. The van der Waals surface area contributed by atoms with Crippen LogP contribution in [0.2, 0.25) is 0 Å². The summed E-state index contributed by atoms with van der Waals surface area (Å²) in [6.07, 6.45) is -1.70. The summed E-state index contributed by atoms with van der Waals surface area (Å²) < 4.78 is 36.1. The van der Waals surface area contributed by atoms with Crippen LogP contribution in [0.1, 0.15) is 26.2 Å². The highest BCUT2D eigenvalue weighted by Gasteiger charge is 2.48. The molecule has 1 amide bonds. The number of carbonyl (C=O) groups is 1. The third-order valence-corrected chi connectivity index (χ3v) is 2.65. The monoisotopic (exact) mass is 221 g/mol. The lowest BCUT2D eigenvalue weighted by atomic mass is 9.67. The van der Waals surface area contributed by atoms with Crippen molar-refractivity contribution in [2.24, 2.45) is 5.92 Å². The number of halogens is 3. The van der Waals surface area contributed by atoms with Crippen LogP contribution >= 0.6 is 0 Å². The Hall–Kier alpha value is -1.00. The first-order valence-electron chi connectivity index (χ1n) is 4.79. The Morgan fingerprint density at radius 3 is 2.47 bits per heavy atom. The number of rotatable bonds is 3. The number of carbonyl (C=O) groups excluding carboxylic acids is 1. The van der Waals surface area contributed by atoms with Gasteiger partial charge in [0.15, 0.2) is 0 Å². The number of nitrogens with one attached hydrogen (secondary N) is 1. The van der Waals surface area contributed by atoms with Crippen molar-refractivity contribution in [3.63, 3.8) is 0 Å². The molecule has 0 bridgehead atoms. The number of alkyl halides is 3. The Kier molecular flexibility index (Phi) is 3.11. The van der Waals surface area contributed by atoms with E-state index in [1.165, 1.54) is 0 Å². The van der Waals surface area contributed by atoms with Gasteiger partial charge in [-0.1, -0.05) is 13.0 Å². The Balaban J connectivity index is 2.61. The molecule has 15 heavy (non-hydrogen) atoms. The molecule has 1 N–H and O–H groups in total. The largest absolute Gasteiger partial charge is 0.471 e. The molecular weight excluding hydrogens is 207 g/mol. The van der Waals surface area contributed by atoms with Crippen LogP contribution in [0.5, 0.6) is 0 Å². The molecule has 0 atom stereocenters. The Labute approximate surface area is 86.5 Å². The molecule has 0 saturated heterocycles. The normalized spacial score (nSPS) is 30.5. The zero-order valence-electron chi connectivity index (χ0n) is 8.53. The van der Waals surface area contributed by atoms with Crippen molar-refractivity contribution in [2.45, 2.75) is 37.9 Å². The van der Waals surface area contributed by atoms with Gasteiger partial charge >= 0.3 is 12.1 Å². The standard InChI is InChI=1S/C10H14F3NO/c1-3-4-9(5-7(2)6-9)14-8(15)10(11,12)13/h3,7H,1,4-6H2,2H3,(H,14,15)/t7-,9-. The molecule has 1 fully saturated rings. The van der Waals surface area contributed by atoms with Gasteiger partial charge < -0.3 is 5.32 Å². The van der Waals surface area contributed by atoms with E-state index in [-0.39, 0.29) is 0 Å². The molecule has 1 rings (SSSR count). The first-order chi connectivity index (χ1) is 6.79. The van der Waals surface area contributed by atoms with E-state index in [0.717, 1.165) is 0 Å². The minimum Gasteiger partial charge on any atom is -0.343 e. The molecule has 86 valence electrons. The molecule has 0 heterocycles. The Morgan fingerprint density at radius 1 is 1.60 bits per heavy atom. The highest BCUT2D eigenvalue weighted by Crippen LogP contribution is 2.40. The van der Waals surface area contributed by atoms with Crippen molar-refractivity contribution in [3.05, 3.63) is 12.7 Å². The van der Waals surface area contributed by atoms with E-state index in [2.05, 4.69) is 11.9 Å². The maximum absolute atomic E-state index is 12.0. The molecular formula is C10H14F3NO. The van der Waals surface area contributed by atoms with E-state index in [9.17, 15) is 18.0 Å². The fraction of sp³-hybridized carbons (Fsp3) is 0.700. The lowest BCUT2D eigenvalue weighted by Crippen LogP contribution is -2.59. The summed E-state index contributed by atoms with van der Waals surface area (Å²) in [6, 6.07) is 0. The highest BCUT2D eigenvalue weighted by molar-refractivity contribution is 5.82. The van der Waals surface area contributed by atoms with Crippen molar-refractivity contribution in [1.29, 1.82) is 0 Å². The predicted octanol–water partition coefficient (Wildman–Crippen LogP) is 2.41. The van der Waals surface area contributed by atoms with Crippen molar-refractivity contribution in [1.82, 2.24) is 5.32 Å². The van der Waals surface area contributed by atoms with Crippen molar-refractivity contribution in [3.8, 4) is 0 Å². The second-order valence-corrected chi connectivity index (χ2v) is 4.24. The summed E-state index contributed by atoms with van der Waals surface area (Å²) in [5, 5.41) is 2.07. The van der Waals surface area contributed by atoms with Crippen LogP contribution < -0.4 is 5.32 Å². The zero-order chi connectivity index (χ0) is 11.7. The van der Waals surface area contributed by atoms with Crippen LogP contribution in [-0.2, 0) is 4.79 Å². The minimum atomic E-state index is -4.80. The topological polar surface area (TPSA) is 29.1 Å². The molecule has 0 unspecified atom stereocenters. The smallest absolute Gasteiger partial charge is 0.343 e. The summed E-state index contributed by atoms with van der Waals surface area (Å²) in [6.45, 7) is 5.44. The van der Waals surface area contributed by atoms with Gasteiger partial charge in [-0.2, -0.15) is 13.2 Å². The average Bonchev–Trinajstić information content (AvgIpc) is 2.00. The van der Waals surface area contributed by atoms with E-state index < -0.39 is 17.6 Å². The molecule has 0 aliphatic heterocycles. The first kappa shape index (κ1) is 12.1. The van der Waals surface area contributed by atoms with Crippen molar-refractivity contribution < 1.29 is 18.0 Å². The third-order valence-electron chi connectivity index (χ3n) is 2.65. The molecule has 1 aliphatic rings. The van der Waals surface area contributed by atoms with E-state index >= 15 is 0 Å². The van der Waals surface area contributed by atoms with Crippen LogP contribution in [0.4, 0.5) is 13.2 Å². The number of hydrogen-bond acceptors (Lipinski definition) is 1. The third kappa shape index (κ3) is 2.73. The van der Waals surface area contributed by atoms with Crippen molar-refractivity contribution >= 4 is 5.91 Å². The fourth-order valence-electron chi connectivity index (χ4n) is 2.18. The fourth-order valence-corrected chi connectivity index (χ4v) is 2.18. The van der Waals surface area contributed by atoms with E-state index in [0.29, 0.717) is 25.2 Å². The molecule has 0 spiro atoms. The second kappa shape index (κ2) is 3.87. The van der Waals surface area contributed by atoms with E-state index in [4.69, 9.17) is 0 Å². The number of hydrogen-bond donors (Lipinski definition) is 1. The zero-order valence-corrected chi connectivity index (χ0v) is 8.53. The van der Waals surface area contributed by atoms with Crippen LogP contribution in [0.3, 0.4) is 0 Å². The van der Waals surface area contributed by atoms with Gasteiger partial charge in [-0.15, -0.1) is 6.58 Å². The van der Waals surface area contributed by atoms with Crippen molar-refractivity contribution in [2.75, 3.05) is 0 Å². The number of amides is 1. The summed E-state index contributed by atoms with van der Waals surface area (Å²) in [5.74, 6) is -1.49. The SMILES string of the molecule is C=CC[C@]1(NC(=O)C(F)(F)F)C[C@H](C)C1. The predicted molar refractivity (Wildman–Crippen MR) is 50.1 cm³/mol. The molecule has 0 aromatic heterocycles. The highest BCUT2D eigenvalue weighted by atomic mass is 19.4. The van der Waals surface area contributed by atoms with Gasteiger partial charge in [0.05, 0.1) is 0 Å². The van der Waals surface area contributed by atoms with Gasteiger partial charge in [0.2, 0.25) is 0 Å². The molecule has 0 radical (unpaired) electrons. The molecule has 5 heteroatoms. The van der Waals surface area contributed by atoms with Crippen LogP contribution in [0.25, 0.3) is 0 Å². The Morgan fingerprint density at radius 2 is 2.13 bits per heavy atom. The van der Waals surface area contributed by atoms with Gasteiger partial charge in [-0.25, -0.2) is 0 Å². The lowest BCUT2D eigenvalue weighted by Gasteiger charge is -2.46. The summed E-state index contributed by atoms with van der Waals surface area (Å²) in [7, 11) is 0. The van der Waals surface area contributed by atoms with Gasteiger partial charge in [-0.05, 0) is 25.2 Å². The van der Waals surface area contributed by atoms with Crippen LogP contribution in [0, 0.1) is 5.92 Å². The lowest BCUT2D eigenvalue weighted by molar-refractivity contribution is -0.177. The maximum atomic E-state index is 12.0. The summed E-state index contributed by atoms with van der Waals surface area (Å²) in [5.41, 5.74) is -0.715. The summed E-state index contributed by atoms with van der Waals surface area (Å²) in [4.78, 5) is 10.8. The van der Waals surface area contributed by atoms with Crippen LogP contribution in [0.15, 0.2) is 12.7 Å². The van der Waals surface area contributed by atoms with E-state index in [1.807, 2.05) is 6.92 Å². The van der Waals surface area contributed by atoms with Gasteiger partial charge in [0, 0.05) is 5.54 Å². The maximum Gasteiger partial charge on any atom is 0.471 e. The van der Waals surface area contributed by atoms with Crippen LogP contribution in [-0.4, -0.2) is 17.6 Å². The average molecular weight is 221 g/mol. The van der Waals surface area contributed by atoms with Gasteiger partial charge in [0.1, 0.15) is 0 Å². The molecule has 2 nitrogen and oxygen atoms in total. The van der Waals surface area contributed by atoms with Gasteiger partial charge in [-0.3, -0.25) is 4.79 Å². The minimum absolute atomic E-state index is 0.360. The van der Waals surface area contributed by atoms with Gasteiger partial charge in [0.25, 0.3) is 0 Å².